The highest BCUT2D eigenvalue weighted by Crippen LogP contribution is 2.15. The van der Waals surface area contributed by atoms with E-state index in [1.54, 1.807) is 0 Å². The summed E-state index contributed by atoms with van der Waals surface area (Å²) in [6.07, 6.45) is 2.14. The molecule has 2 N–H and O–H groups in total. The van der Waals surface area contributed by atoms with E-state index in [9.17, 15) is 0 Å². The van der Waals surface area contributed by atoms with Crippen molar-refractivity contribution in [1.82, 2.24) is 5.32 Å². The van der Waals surface area contributed by atoms with Crippen molar-refractivity contribution in [2.24, 2.45) is 0 Å². The van der Waals surface area contributed by atoms with Crippen LogP contribution in [-0.4, -0.2) is 11.7 Å². The van der Waals surface area contributed by atoms with Gasteiger partial charge in [-0.2, -0.15) is 0 Å². The fourth-order valence-electron chi connectivity index (χ4n) is 2.37. The molecular formula is C19H24N2S. The second-order valence-corrected chi connectivity index (χ2v) is 6.20. The summed E-state index contributed by atoms with van der Waals surface area (Å²) in [6, 6.07) is 15.0. The van der Waals surface area contributed by atoms with Crippen LogP contribution in [-0.2, 0) is 6.42 Å². The van der Waals surface area contributed by atoms with Crippen LogP contribution >= 0.6 is 12.2 Å². The van der Waals surface area contributed by atoms with Crippen LogP contribution in [0.3, 0.4) is 0 Å². The van der Waals surface area contributed by atoms with E-state index in [0.717, 1.165) is 25.1 Å². The molecule has 0 aliphatic heterocycles. The molecule has 0 atom stereocenters. The summed E-state index contributed by atoms with van der Waals surface area (Å²) >= 11 is 5.35. The number of hydrogen-bond donors (Lipinski definition) is 2. The van der Waals surface area contributed by atoms with Gasteiger partial charge in [-0.1, -0.05) is 47.5 Å². The van der Waals surface area contributed by atoms with Crippen LogP contribution in [0.5, 0.6) is 0 Å². The van der Waals surface area contributed by atoms with Gasteiger partial charge in [0.1, 0.15) is 0 Å². The molecule has 2 aromatic carbocycles. The van der Waals surface area contributed by atoms with Crippen molar-refractivity contribution in [2.75, 3.05) is 11.9 Å². The monoisotopic (exact) mass is 312 g/mol. The first-order valence-electron chi connectivity index (χ1n) is 7.72. The van der Waals surface area contributed by atoms with Gasteiger partial charge in [0.15, 0.2) is 5.11 Å². The lowest BCUT2D eigenvalue weighted by Gasteiger charge is -2.13. The molecule has 3 heteroatoms. The van der Waals surface area contributed by atoms with Crippen LogP contribution in [0.2, 0.25) is 0 Å². The van der Waals surface area contributed by atoms with E-state index in [-0.39, 0.29) is 0 Å². The van der Waals surface area contributed by atoms with Gasteiger partial charge in [-0.15, -0.1) is 0 Å². The van der Waals surface area contributed by atoms with Crippen LogP contribution in [0.4, 0.5) is 5.69 Å². The average molecular weight is 312 g/mol. The van der Waals surface area contributed by atoms with E-state index < -0.39 is 0 Å². The molecule has 0 fully saturated rings. The molecule has 2 nitrogen and oxygen atoms in total. The zero-order chi connectivity index (χ0) is 15.9. The standard InChI is InChI=1S/C19H24N2S/c1-14-6-9-17(10-7-14)5-4-12-20-19(22)21-18-11-8-15(2)13-16(18)3/h6-11,13H,4-5,12H2,1-3H3,(H2,20,21,22). The number of anilines is 1. The van der Waals surface area contributed by atoms with Crippen LogP contribution in [0.15, 0.2) is 42.5 Å². The van der Waals surface area contributed by atoms with Crippen molar-refractivity contribution in [3.63, 3.8) is 0 Å². The SMILES string of the molecule is Cc1ccc(CCCNC(=S)Nc2ccc(C)cc2C)cc1. The Morgan fingerprint density at radius 3 is 2.32 bits per heavy atom. The van der Waals surface area contributed by atoms with Crippen molar-refractivity contribution in [3.8, 4) is 0 Å². The summed E-state index contributed by atoms with van der Waals surface area (Å²) in [5.74, 6) is 0. The van der Waals surface area contributed by atoms with Gasteiger partial charge in [0.2, 0.25) is 0 Å². The van der Waals surface area contributed by atoms with Gasteiger partial charge in [-0.05, 0) is 63.0 Å². The topological polar surface area (TPSA) is 24.1 Å². The third-order valence-electron chi connectivity index (χ3n) is 3.68. The maximum absolute atomic E-state index is 5.35. The number of nitrogens with one attached hydrogen (secondary N) is 2. The van der Waals surface area contributed by atoms with Crippen LogP contribution in [0.1, 0.15) is 28.7 Å². The number of aryl methyl sites for hydroxylation is 4. The van der Waals surface area contributed by atoms with Crippen molar-refractivity contribution in [1.29, 1.82) is 0 Å². The largest absolute Gasteiger partial charge is 0.362 e. The second kappa shape index (κ2) is 7.95. The van der Waals surface area contributed by atoms with E-state index in [2.05, 4.69) is 73.9 Å². The third-order valence-corrected chi connectivity index (χ3v) is 3.92. The quantitative estimate of drug-likeness (QED) is 0.626. The van der Waals surface area contributed by atoms with Gasteiger partial charge in [0.05, 0.1) is 0 Å². The Morgan fingerprint density at radius 2 is 1.64 bits per heavy atom. The molecule has 0 spiro atoms. The summed E-state index contributed by atoms with van der Waals surface area (Å²) < 4.78 is 0. The first-order chi connectivity index (χ1) is 10.5. The molecule has 0 bridgehead atoms. The molecule has 116 valence electrons. The molecule has 2 rings (SSSR count). The lowest BCUT2D eigenvalue weighted by Crippen LogP contribution is -2.29. The number of benzene rings is 2. The molecule has 22 heavy (non-hydrogen) atoms. The van der Waals surface area contributed by atoms with Crippen molar-refractivity contribution in [2.45, 2.75) is 33.6 Å². The molecule has 0 heterocycles. The van der Waals surface area contributed by atoms with E-state index >= 15 is 0 Å². The van der Waals surface area contributed by atoms with Gasteiger partial charge >= 0.3 is 0 Å². The van der Waals surface area contributed by atoms with E-state index in [1.807, 2.05) is 0 Å². The molecule has 0 radical (unpaired) electrons. The predicted octanol–water partition coefficient (Wildman–Crippen LogP) is 4.53. The van der Waals surface area contributed by atoms with Gasteiger partial charge < -0.3 is 10.6 Å². The Labute approximate surface area is 139 Å². The highest BCUT2D eigenvalue weighted by Gasteiger charge is 2.01. The normalized spacial score (nSPS) is 10.3. The number of hydrogen-bond acceptors (Lipinski definition) is 1. The number of rotatable bonds is 5. The van der Waals surface area contributed by atoms with E-state index in [4.69, 9.17) is 12.2 Å². The molecule has 0 aliphatic carbocycles. The second-order valence-electron chi connectivity index (χ2n) is 5.79. The zero-order valence-electron chi connectivity index (χ0n) is 13.6. The van der Waals surface area contributed by atoms with Crippen molar-refractivity contribution in [3.05, 3.63) is 64.7 Å². The van der Waals surface area contributed by atoms with Gasteiger partial charge in [0, 0.05) is 12.2 Å². The van der Waals surface area contributed by atoms with Gasteiger partial charge in [0.25, 0.3) is 0 Å². The summed E-state index contributed by atoms with van der Waals surface area (Å²) in [4.78, 5) is 0. The average Bonchev–Trinajstić information content (AvgIpc) is 2.48. The maximum atomic E-state index is 5.35. The summed E-state index contributed by atoms with van der Waals surface area (Å²) in [7, 11) is 0. The number of thiocarbonyl (C=S) groups is 1. The highest BCUT2D eigenvalue weighted by molar-refractivity contribution is 7.80. The summed E-state index contributed by atoms with van der Waals surface area (Å²) in [5.41, 5.74) is 6.23. The minimum absolute atomic E-state index is 0.691. The molecule has 0 aromatic heterocycles. The van der Waals surface area contributed by atoms with Crippen molar-refractivity contribution < 1.29 is 0 Å². The Hall–Kier alpha value is -1.87. The van der Waals surface area contributed by atoms with Gasteiger partial charge in [-0.25, -0.2) is 0 Å². The molecular weight excluding hydrogens is 288 g/mol. The first kappa shape index (κ1) is 16.5. The fourth-order valence-corrected chi connectivity index (χ4v) is 2.58. The fraction of sp³-hybridized carbons (Fsp3) is 0.316. The highest BCUT2D eigenvalue weighted by atomic mass is 32.1. The lowest BCUT2D eigenvalue weighted by molar-refractivity contribution is 0.777. The van der Waals surface area contributed by atoms with Crippen LogP contribution in [0.25, 0.3) is 0 Å². The molecule has 0 saturated carbocycles. The molecule has 2 aromatic rings. The molecule has 0 unspecified atom stereocenters. The third kappa shape index (κ3) is 5.15. The van der Waals surface area contributed by atoms with Crippen molar-refractivity contribution >= 4 is 23.0 Å². The Bertz CT molecular complexity index is 632. The van der Waals surface area contributed by atoms with Gasteiger partial charge in [-0.3, -0.25) is 0 Å². The Morgan fingerprint density at radius 1 is 0.955 bits per heavy atom. The zero-order valence-corrected chi connectivity index (χ0v) is 14.4. The van der Waals surface area contributed by atoms with E-state index in [1.165, 1.54) is 22.3 Å². The maximum Gasteiger partial charge on any atom is 0.170 e. The smallest absolute Gasteiger partial charge is 0.170 e. The predicted molar refractivity (Wildman–Crippen MR) is 99.6 cm³/mol. The minimum atomic E-state index is 0.691. The lowest BCUT2D eigenvalue weighted by atomic mass is 10.1. The Kier molecular flexibility index (Phi) is 5.96. The molecule has 0 amide bonds. The van der Waals surface area contributed by atoms with Crippen LogP contribution in [0, 0.1) is 20.8 Å². The summed E-state index contributed by atoms with van der Waals surface area (Å²) in [5, 5.41) is 7.23. The summed E-state index contributed by atoms with van der Waals surface area (Å²) in [6.45, 7) is 7.18. The molecule has 0 aliphatic rings. The van der Waals surface area contributed by atoms with E-state index in [0.29, 0.717) is 5.11 Å². The Balaban J connectivity index is 1.72. The molecule has 0 saturated heterocycles. The minimum Gasteiger partial charge on any atom is -0.362 e. The first-order valence-corrected chi connectivity index (χ1v) is 8.13. The van der Waals surface area contributed by atoms with Crippen LogP contribution < -0.4 is 10.6 Å².